The molecule has 0 radical (unpaired) electrons. The van der Waals surface area contributed by atoms with Crippen LogP contribution in [0.4, 0.5) is 5.82 Å². The first-order chi connectivity index (χ1) is 7.65. The Kier molecular flexibility index (Phi) is 5.28. The second kappa shape index (κ2) is 6.50. The Balaban J connectivity index is 2.26. The van der Waals surface area contributed by atoms with Gasteiger partial charge in [-0.2, -0.15) is 5.10 Å². The molecule has 0 saturated carbocycles. The van der Waals surface area contributed by atoms with Gasteiger partial charge in [-0.05, 0) is 13.1 Å². The Morgan fingerprint density at radius 2 is 2.19 bits per heavy atom. The maximum absolute atomic E-state index is 9.81. The van der Waals surface area contributed by atoms with Crippen LogP contribution in [0.3, 0.4) is 0 Å². The van der Waals surface area contributed by atoms with E-state index in [4.69, 9.17) is 0 Å². The molecular weight excluding hydrogens is 204 g/mol. The topological polar surface area (TPSA) is 53.3 Å². The summed E-state index contributed by atoms with van der Waals surface area (Å²) in [5, 5.41) is 17.1. The lowest BCUT2D eigenvalue weighted by molar-refractivity contribution is 0.128. The van der Waals surface area contributed by atoms with Gasteiger partial charge in [0.25, 0.3) is 0 Å². The van der Waals surface area contributed by atoms with Gasteiger partial charge in [-0.1, -0.05) is 13.8 Å². The van der Waals surface area contributed by atoms with Crippen molar-refractivity contribution in [2.75, 3.05) is 31.5 Å². The molecule has 0 aliphatic carbocycles. The van der Waals surface area contributed by atoms with Gasteiger partial charge in [-0.3, -0.25) is 4.68 Å². The van der Waals surface area contributed by atoms with Crippen molar-refractivity contribution in [2.45, 2.75) is 20.0 Å². The molecular formula is C11H22N4O. The highest BCUT2D eigenvalue weighted by Gasteiger charge is 2.08. The quantitative estimate of drug-likeness (QED) is 0.712. The van der Waals surface area contributed by atoms with E-state index in [-0.39, 0.29) is 6.10 Å². The third kappa shape index (κ3) is 4.20. The molecule has 0 fully saturated rings. The van der Waals surface area contributed by atoms with Crippen LogP contribution in [0.2, 0.25) is 0 Å². The van der Waals surface area contributed by atoms with Crippen molar-refractivity contribution in [1.29, 1.82) is 0 Å². The van der Waals surface area contributed by atoms with E-state index in [0.29, 0.717) is 13.1 Å². The molecule has 1 rings (SSSR count). The molecule has 0 bridgehead atoms. The van der Waals surface area contributed by atoms with E-state index in [0.717, 1.165) is 18.9 Å². The Morgan fingerprint density at radius 3 is 2.69 bits per heavy atom. The molecule has 1 heterocycles. The molecule has 5 heteroatoms. The lowest BCUT2D eigenvalue weighted by atomic mass is 10.3. The smallest absolute Gasteiger partial charge is 0.148 e. The van der Waals surface area contributed by atoms with Crippen LogP contribution in [0.15, 0.2) is 12.3 Å². The van der Waals surface area contributed by atoms with E-state index in [1.807, 2.05) is 19.3 Å². The van der Waals surface area contributed by atoms with Crippen molar-refractivity contribution in [1.82, 2.24) is 14.7 Å². The van der Waals surface area contributed by atoms with Crippen molar-refractivity contribution in [3.8, 4) is 0 Å². The highest BCUT2D eigenvalue weighted by molar-refractivity contribution is 5.32. The van der Waals surface area contributed by atoms with Crippen LogP contribution in [0.25, 0.3) is 0 Å². The monoisotopic (exact) mass is 226 g/mol. The molecule has 0 aromatic carbocycles. The van der Waals surface area contributed by atoms with Crippen LogP contribution >= 0.6 is 0 Å². The Bertz CT molecular complexity index is 296. The number of anilines is 1. The fourth-order valence-electron chi connectivity index (χ4n) is 1.58. The number of aromatic nitrogens is 2. The molecule has 0 amide bonds. The molecule has 16 heavy (non-hydrogen) atoms. The summed E-state index contributed by atoms with van der Waals surface area (Å²) in [5.74, 6) is 0.807. The van der Waals surface area contributed by atoms with Gasteiger partial charge in [0.2, 0.25) is 0 Å². The normalized spacial score (nSPS) is 13.1. The number of nitrogens with one attached hydrogen (secondary N) is 1. The Hall–Kier alpha value is -1.07. The minimum atomic E-state index is -0.359. The first kappa shape index (κ1) is 13.0. The standard InChI is InChI=1S/C11H22N4O/c1-4-15(5-2)9-10(16)8-12-11-6-7-14(3)13-11/h6-7,10,16H,4-5,8-9H2,1-3H3,(H,12,13). The number of hydrogen-bond donors (Lipinski definition) is 2. The van der Waals surface area contributed by atoms with Gasteiger partial charge < -0.3 is 15.3 Å². The number of aliphatic hydroxyl groups excluding tert-OH is 1. The summed E-state index contributed by atoms with van der Waals surface area (Å²) < 4.78 is 1.74. The maximum atomic E-state index is 9.81. The molecule has 0 aliphatic rings. The summed E-state index contributed by atoms with van der Waals surface area (Å²) in [7, 11) is 1.87. The van der Waals surface area contributed by atoms with Gasteiger partial charge >= 0.3 is 0 Å². The number of nitrogens with zero attached hydrogens (tertiary/aromatic N) is 3. The van der Waals surface area contributed by atoms with Gasteiger partial charge in [0.05, 0.1) is 6.10 Å². The van der Waals surface area contributed by atoms with Crippen molar-refractivity contribution in [3.63, 3.8) is 0 Å². The number of rotatable bonds is 7. The first-order valence-corrected chi connectivity index (χ1v) is 5.79. The second-order valence-electron chi connectivity index (χ2n) is 3.90. The van der Waals surface area contributed by atoms with E-state index in [9.17, 15) is 5.11 Å². The molecule has 5 nitrogen and oxygen atoms in total. The fourth-order valence-corrected chi connectivity index (χ4v) is 1.58. The zero-order valence-corrected chi connectivity index (χ0v) is 10.3. The minimum absolute atomic E-state index is 0.359. The largest absolute Gasteiger partial charge is 0.390 e. The summed E-state index contributed by atoms with van der Waals surface area (Å²) in [6, 6.07) is 1.89. The highest BCUT2D eigenvalue weighted by atomic mass is 16.3. The van der Waals surface area contributed by atoms with Gasteiger partial charge in [-0.25, -0.2) is 0 Å². The van der Waals surface area contributed by atoms with Crippen LogP contribution in [-0.4, -0.2) is 52.1 Å². The number of hydrogen-bond acceptors (Lipinski definition) is 4. The minimum Gasteiger partial charge on any atom is -0.390 e. The van der Waals surface area contributed by atoms with Crippen molar-refractivity contribution in [2.24, 2.45) is 7.05 Å². The summed E-state index contributed by atoms with van der Waals surface area (Å²) in [6.45, 7) is 7.37. The van der Waals surface area contributed by atoms with Gasteiger partial charge in [-0.15, -0.1) is 0 Å². The fraction of sp³-hybridized carbons (Fsp3) is 0.727. The molecule has 0 spiro atoms. The molecule has 2 N–H and O–H groups in total. The van der Waals surface area contributed by atoms with Crippen LogP contribution in [0.5, 0.6) is 0 Å². The Morgan fingerprint density at radius 1 is 1.50 bits per heavy atom. The maximum Gasteiger partial charge on any atom is 0.148 e. The molecule has 1 aromatic rings. The van der Waals surface area contributed by atoms with Crippen LogP contribution in [0.1, 0.15) is 13.8 Å². The number of aliphatic hydroxyl groups is 1. The summed E-state index contributed by atoms with van der Waals surface area (Å²) in [4.78, 5) is 2.20. The van der Waals surface area contributed by atoms with Crippen molar-refractivity contribution < 1.29 is 5.11 Å². The third-order valence-corrected chi connectivity index (χ3v) is 2.60. The first-order valence-electron chi connectivity index (χ1n) is 5.79. The predicted molar refractivity (Wildman–Crippen MR) is 65.5 cm³/mol. The number of likely N-dealkylation sites (N-methyl/N-ethyl adjacent to an activating group) is 1. The van der Waals surface area contributed by atoms with Crippen LogP contribution in [-0.2, 0) is 7.05 Å². The average molecular weight is 226 g/mol. The number of aryl methyl sites for hydroxylation is 1. The van der Waals surface area contributed by atoms with E-state index in [2.05, 4.69) is 29.2 Å². The lowest BCUT2D eigenvalue weighted by Crippen LogP contribution is -2.36. The SMILES string of the molecule is CCN(CC)CC(O)CNc1ccn(C)n1. The van der Waals surface area contributed by atoms with Crippen molar-refractivity contribution >= 4 is 5.82 Å². The summed E-state index contributed by atoms with van der Waals surface area (Å²) in [6.07, 6.45) is 1.51. The van der Waals surface area contributed by atoms with E-state index < -0.39 is 0 Å². The average Bonchev–Trinajstić information content (AvgIpc) is 2.69. The van der Waals surface area contributed by atoms with Gasteiger partial charge in [0.1, 0.15) is 5.82 Å². The van der Waals surface area contributed by atoms with Crippen LogP contribution < -0.4 is 5.32 Å². The third-order valence-electron chi connectivity index (χ3n) is 2.60. The molecule has 0 saturated heterocycles. The zero-order chi connectivity index (χ0) is 12.0. The van der Waals surface area contributed by atoms with E-state index in [1.54, 1.807) is 4.68 Å². The van der Waals surface area contributed by atoms with E-state index >= 15 is 0 Å². The summed E-state index contributed by atoms with van der Waals surface area (Å²) >= 11 is 0. The molecule has 1 aromatic heterocycles. The van der Waals surface area contributed by atoms with Gasteiger partial charge in [0.15, 0.2) is 0 Å². The van der Waals surface area contributed by atoms with Crippen LogP contribution in [0, 0.1) is 0 Å². The predicted octanol–water partition coefficient (Wildman–Crippen LogP) is 0.535. The molecule has 1 unspecified atom stereocenters. The summed E-state index contributed by atoms with van der Waals surface area (Å²) in [5.41, 5.74) is 0. The second-order valence-corrected chi connectivity index (χ2v) is 3.90. The Labute approximate surface area is 97.1 Å². The van der Waals surface area contributed by atoms with Gasteiger partial charge in [0, 0.05) is 32.4 Å². The van der Waals surface area contributed by atoms with E-state index in [1.165, 1.54) is 0 Å². The molecule has 0 aliphatic heterocycles. The molecule has 92 valence electrons. The zero-order valence-electron chi connectivity index (χ0n) is 10.3. The van der Waals surface area contributed by atoms with Crippen molar-refractivity contribution in [3.05, 3.63) is 12.3 Å². The lowest BCUT2D eigenvalue weighted by Gasteiger charge is -2.21. The highest BCUT2D eigenvalue weighted by Crippen LogP contribution is 2.01. The molecule has 1 atom stereocenters.